The minimum atomic E-state index is -4.87. The molecular formula is C61H96F6MgO7S. The SMILES string of the molecule is CC[C@]1(O)CC[C@H]2C(=CC[C@@H]3[C@@H]2CC[C@]2(C)[C@@H]([C@H](C)CC(C[C@@H](O)C(F)(F)F)S(=O)(=O)c4ccccc4)CC[C@@H]32)C1.CC[C@]1(O)CC[C@H]2C(=CC[C@@H]3[C@@H]2CC[C@]2(C)[C@@H]([C@H](C)CCC[C@@H](O)C(F)(F)F)CC[C@@H]32)C1.CO.[H-].[H-].[Mg+2]. The Labute approximate surface area is 471 Å². The van der Waals surface area contributed by atoms with Crippen LogP contribution in [0.25, 0.3) is 0 Å². The average Bonchev–Trinajstić information content (AvgIpc) is 3.96. The maximum atomic E-state index is 13.6. The topological polar surface area (TPSA) is 135 Å². The van der Waals surface area contributed by atoms with Crippen molar-refractivity contribution in [1.82, 2.24) is 0 Å². The van der Waals surface area contributed by atoms with Crippen molar-refractivity contribution in [1.29, 1.82) is 0 Å². The van der Waals surface area contributed by atoms with Gasteiger partial charge < -0.3 is 28.4 Å². The van der Waals surface area contributed by atoms with E-state index in [0.29, 0.717) is 53.3 Å². The molecule has 7 nitrogen and oxygen atoms in total. The third kappa shape index (κ3) is 13.2. The molecule has 0 radical (unpaired) electrons. The third-order valence-electron chi connectivity index (χ3n) is 22.5. The Hall–Kier alpha value is -1.20. The van der Waals surface area contributed by atoms with Crippen molar-refractivity contribution in [3.63, 3.8) is 0 Å². The van der Waals surface area contributed by atoms with Gasteiger partial charge in [0.05, 0.1) is 21.3 Å². The zero-order valence-corrected chi connectivity index (χ0v) is 49.1. The monoisotopic (exact) mass is 1110 g/mol. The van der Waals surface area contributed by atoms with Crippen LogP contribution in [0.3, 0.4) is 0 Å². The number of hydrogen-bond donors (Lipinski definition) is 5. The van der Waals surface area contributed by atoms with Crippen molar-refractivity contribution >= 4 is 32.9 Å². The molecule has 1 aromatic rings. The van der Waals surface area contributed by atoms with Gasteiger partial charge in [0.2, 0.25) is 0 Å². The minimum absolute atomic E-state index is 0. The Balaban J connectivity index is 0.000000322. The summed E-state index contributed by atoms with van der Waals surface area (Å²) in [6, 6.07) is 7.69. The number of fused-ring (bicyclic) bond motifs is 10. The zero-order chi connectivity index (χ0) is 55.1. The van der Waals surface area contributed by atoms with Crippen molar-refractivity contribution in [2.24, 2.45) is 81.8 Å². The number of sulfone groups is 1. The van der Waals surface area contributed by atoms with E-state index in [1.165, 1.54) is 49.0 Å². The molecule has 8 aliphatic carbocycles. The van der Waals surface area contributed by atoms with Crippen LogP contribution in [0.4, 0.5) is 26.3 Å². The quantitative estimate of drug-likeness (QED) is 0.0711. The number of aliphatic hydroxyl groups is 5. The maximum absolute atomic E-state index is 13.6. The van der Waals surface area contributed by atoms with Crippen LogP contribution in [0.2, 0.25) is 0 Å². The molecule has 0 aromatic heterocycles. The van der Waals surface area contributed by atoms with Gasteiger partial charge in [-0.1, -0.05) is 95.9 Å². The molecule has 432 valence electrons. The molecule has 0 bridgehead atoms. The predicted molar refractivity (Wildman–Crippen MR) is 291 cm³/mol. The van der Waals surface area contributed by atoms with Gasteiger partial charge in [-0.25, -0.2) is 8.42 Å². The first-order valence-electron chi connectivity index (χ1n) is 29.2. The van der Waals surface area contributed by atoms with Crippen LogP contribution in [0, 0.1) is 81.8 Å². The number of alkyl halides is 6. The molecule has 0 spiro atoms. The molecule has 6 fully saturated rings. The molecule has 9 rings (SSSR count). The molecule has 1 aromatic carbocycles. The molecule has 0 saturated heterocycles. The van der Waals surface area contributed by atoms with Crippen LogP contribution in [-0.4, -0.2) is 105 Å². The summed E-state index contributed by atoms with van der Waals surface area (Å²) in [5, 5.41) is 46.7. The van der Waals surface area contributed by atoms with E-state index in [0.717, 1.165) is 121 Å². The second-order valence-electron chi connectivity index (χ2n) is 26.1. The van der Waals surface area contributed by atoms with Crippen LogP contribution < -0.4 is 0 Å². The van der Waals surface area contributed by atoms with Crippen molar-refractivity contribution in [3.05, 3.63) is 53.6 Å². The van der Waals surface area contributed by atoms with Gasteiger partial charge in [0.25, 0.3) is 0 Å². The first-order valence-corrected chi connectivity index (χ1v) is 30.8. The largest absolute Gasteiger partial charge is 2.00 e. The van der Waals surface area contributed by atoms with E-state index in [2.05, 4.69) is 46.8 Å². The van der Waals surface area contributed by atoms with E-state index in [1.807, 2.05) is 6.92 Å². The fourth-order valence-corrected chi connectivity index (χ4v) is 20.3. The van der Waals surface area contributed by atoms with E-state index in [9.17, 15) is 55.2 Å². The zero-order valence-electron chi connectivity index (χ0n) is 48.9. The molecule has 0 amide bonds. The minimum Gasteiger partial charge on any atom is -1.00 e. The predicted octanol–water partition coefficient (Wildman–Crippen LogP) is 14.0. The number of halogens is 6. The van der Waals surface area contributed by atoms with Gasteiger partial charge in [-0.2, -0.15) is 26.3 Å². The van der Waals surface area contributed by atoms with Crippen molar-refractivity contribution in [2.45, 2.75) is 235 Å². The average molecular weight is 1110 g/mol. The Morgan fingerprint density at radius 2 is 1.07 bits per heavy atom. The van der Waals surface area contributed by atoms with Crippen molar-refractivity contribution < 1.29 is 63.1 Å². The first kappa shape index (κ1) is 64.0. The smallest absolute Gasteiger partial charge is 1.00 e. The van der Waals surface area contributed by atoms with Gasteiger partial charge in [-0.3, -0.25) is 0 Å². The summed E-state index contributed by atoms with van der Waals surface area (Å²) in [4.78, 5) is 0.00911. The van der Waals surface area contributed by atoms with Gasteiger partial charge in [-0.15, -0.1) is 0 Å². The fourth-order valence-electron chi connectivity index (χ4n) is 18.4. The standard InChI is InChI=1S/C33H47F3O4S.C27H43F3O2.CH4O.Mg.2H/c1-4-32(38)17-15-25-22(20-32)10-11-27-26(25)14-16-31(3)28(12-13-29(27)31)21(2)18-24(19-30(37)33(34,35)36)41(39,40)23-8-6-5-7-9-23;1-4-26(32)15-13-19-18(16-26)8-9-21-20(19)12-14-25(3)22(10-11-23(21)25)17(2)6-5-7-24(31)27(28,29)30;1-2;;;/h5-10,21,24-30,37-38H,4,11-20H2,1-3H3;8,17,19-24,31-32H,4-7,9-16H2,1-3H3;2H,1H3;;;/q;;;+2;2*-1/t21-,24?,25+,26-,27-,28-,29+,30-,31-,32+;17-,19+,20-,21-,22-,23+,24-,25-,26+;;;;/m11..../s1. The van der Waals surface area contributed by atoms with E-state index in [-0.39, 0.29) is 60.9 Å². The number of rotatable bonds is 14. The molecule has 0 aliphatic heterocycles. The Morgan fingerprint density at radius 3 is 1.50 bits per heavy atom. The molecule has 1 unspecified atom stereocenters. The molecule has 5 N–H and O–H groups in total. The van der Waals surface area contributed by atoms with Crippen LogP contribution in [0.15, 0.2) is 58.5 Å². The number of allylic oxidation sites excluding steroid dienone is 2. The normalized spacial score (nSPS) is 38.8. The summed E-state index contributed by atoms with van der Waals surface area (Å²) in [5.74, 6) is 6.26. The Bertz CT molecular complexity index is 2240. The van der Waals surface area contributed by atoms with E-state index >= 15 is 0 Å². The number of hydrogen-bond acceptors (Lipinski definition) is 7. The first-order chi connectivity index (χ1) is 35.2. The number of benzene rings is 1. The molecule has 6 saturated carbocycles. The maximum Gasteiger partial charge on any atom is 2.00 e. The molecule has 0 heterocycles. The number of aliphatic hydroxyl groups excluding tert-OH is 3. The van der Waals surface area contributed by atoms with E-state index in [4.69, 9.17) is 5.11 Å². The summed E-state index contributed by atoms with van der Waals surface area (Å²) < 4.78 is 105. The van der Waals surface area contributed by atoms with Gasteiger partial charge in [0, 0.05) is 7.11 Å². The summed E-state index contributed by atoms with van der Waals surface area (Å²) in [6.45, 7) is 13.2. The third-order valence-corrected chi connectivity index (χ3v) is 24.7. The van der Waals surface area contributed by atoms with Crippen molar-refractivity contribution in [2.75, 3.05) is 7.11 Å². The summed E-state index contributed by atoms with van der Waals surface area (Å²) in [7, 11) is -3.06. The molecular weight excluding hydrogens is 1020 g/mol. The molecule has 8 aliphatic rings. The van der Waals surface area contributed by atoms with Crippen LogP contribution in [-0.2, 0) is 9.84 Å². The van der Waals surface area contributed by atoms with Crippen LogP contribution >= 0.6 is 0 Å². The van der Waals surface area contributed by atoms with Crippen molar-refractivity contribution in [3.8, 4) is 0 Å². The van der Waals surface area contributed by atoms with Crippen LogP contribution in [0.1, 0.15) is 192 Å². The van der Waals surface area contributed by atoms with E-state index in [1.54, 1.807) is 18.2 Å². The van der Waals surface area contributed by atoms with Crippen LogP contribution in [0.5, 0.6) is 0 Å². The van der Waals surface area contributed by atoms with Gasteiger partial charge in [-0.05, 0) is 229 Å². The molecule has 76 heavy (non-hydrogen) atoms. The Morgan fingerprint density at radius 1 is 0.618 bits per heavy atom. The second-order valence-corrected chi connectivity index (χ2v) is 28.3. The van der Waals surface area contributed by atoms with Gasteiger partial charge in [0.1, 0.15) is 6.10 Å². The Kier molecular flexibility index (Phi) is 21.1. The summed E-state index contributed by atoms with van der Waals surface area (Å²) in [5.41, 5.74) is 2.23. The summed E-state index contributed by atoms with van der Waals surface area (Å²) in [6.07, 6.45) is 9.55. The molecule has 15 heteroatoms. The van der Waals surface area contributed by atoms with Gasteiger partial charge in [0.15, 0.2) is 15.9 Å². The fraction of sp³-hybridized carbons (Fsp3) is 0.836. The van der Waals surface area contributed by atoms with E-state index < -0.39 is 57.3 Å². The molecule has 19 atom stereocenters. The second kappa shape index (κ2) is 25.1. The summed E-state index contributed by atoms with van der Waals surface area (Å²) >= 11 is 0. The van der Waals surface area contributed by atoms with Gasteiger partial charge >= 0.3 is 35.4 Å².